The quantitative estimate of drug-likeness (QED) is 0.806. The number of aromatic nitrogens is 1. The molecule has 0 unspecified atom stereocenters. The number of pyridine rings is 1. The Hall–Kier alpha value is -1.00. The number of halogens is 1. The zero-order valence-electron chi connectivity index (χ0n) is 9.90. The molecule has 5 heteroatoms. The first kappa shape index (κ1) is 13.1. The molecule has 1 aromatic heterocycles. The largest absolute Gasteiger partial charge is 0.399 e. The number of methoxy groups -OCH3 is 1. The van der Waals surface area contributed by atoms with Crippen LogP contribution in [0.2, 0.25) is 5.15 Å². The Morgan fingerprint density at radius 3 is 2.69 bits per heavy atom. The fraction of sp³-hybridized carbons (Fsp3) is 0.545. The number of rotatable bonds is 5. The summed E-state index contributed by atoms with van der Waals surface area (Å²) >= 11 is 5.88. The fourth-order valence-corrected chi connectivity index (χ4v) is 1.69. The minimum Gasteiger partial charge on any atom is -0.399 e. The van der Waals surface area contributed by atoms with Crippen LogP contribution in [0, 0.1) is 0 Å². The standard InChI is InChI=1S/C11H18ClN3O/c1-8(2)15(4-5-16-3)11-7-9(13)6-10(12)14-11/h6-8H,4-5H2,1-3H3,(H2,13,14). The van der Waals surface area contributed by atoms with Gasteiger partial charge >= 0.3 is 0 Å². The van der Waals surface area contributed by atoms with Gasteiger partial charge < -0.3 is 15.4 Å². The zero-order chi connectivity index (χ0) is 12.1. The topological polar surface area (TPSA) is 51.4 Å². The van der Waals surface area contributed by atoms with Crippen molar-refractivity contribution in [3.05, 3.63) is 17.3 Å². The van der Waals surface area contributed by atoms with E-state index in [1.54, 1.807) is 13.2 Å². The second kappa shape index (κ2) is 5.92. The molecule has 0 atom stereocenters. The van der Waals surface area contributed by atoms with Gasteiger partial charge in [-0.05, 0) is 19.9 Å². The summed E-state index contributed by atoms with van der Waals surface area (Å²) in [7, 11) is 1.68. The summed E-state index contributed by atoms with van der Waals surface area (Å²) in [4.78, 5) is 6.37. The SMILES string of the molecule is COCCN(c1cc(N)cc(Cl)n1)C(C)C. The third-order valence-corrected chi connectivity index (χ3v) is 2.45. The summed E-state index contributed by atoms with van der Waals surface area (Å²) in [6, 6.07) is 3.78. The van der Waals surface area contributed by atoms with Crippen molar-refractivity contribution < 1.29 is 4.74 Å². The van der Waals surface area contributed by atoms with E-state index in [4.69, 9.17) is 22.1 Å². The lowest BCUT2D eigenvalue weighted by atomic mass is 10.3. The van der Waals surface area contributed by atoms with E-state index in [9.17, 15) is 0 Å². The number of hydrogen-bond acceptors (Lipinski definition) is 4. The molecule has 0 amide bonds. The molecule has 1 rings (SSSR count). The summed E-state index contributed by atoms with van der Waals surface area (Å²) in [6.45, 7) is 5.59. The number of nitrogens with two attached hydrogens (primary N) is 1. The normalized spacial score (nSPS) is 10.8. The molecular formula is C11H18ClN3O. The molecule has 2 N–H and O–H groups in total. The predicted molar refractivity (Wildman–Crippen MR) is 68.0 cm³/mol. The van der Waals surface area contributed by atoms with Crippen molar-refractivity contribution in [3.8, 4) is 0 Å². The molecule has 0 aromatic carbocycles. The van der Waals surface area contributed by atoms with Crippen LogP contribution in [0.5, 0.6) is 0 Å². The van der Waals surface area contributed by atoms with E-state index >= 15 is 0 Å². The van der Waals surface area contributed by atoms with Crippen LogP contribution in [0.25, 0.3) is 0 Å². The fourth-order valence-electron chi connectivity index (χ4n) is 1.48. The number of hydrogen-bond donors (Lipinski definition) is 1. The Labute approximate surface area is 101 Å². The van der Waals surface area contributed by atoms with Crippen LogP contribution < -0.4 is 10.6 Å². The maximum atomic E-state index is 5.88. The molecule has 16 heavy (non-hydrogen) atoms. The molecule has 0 saturated carbocycles. The number of nitrogens with zero attached hydrogens (tertiary/aromatic N) is 2. The van der Waals surface area contributed by atoms with E-state index in [1.807, 2.05) is 6.07 Å². The van der Waals surface area contributed by atoms with Crippen molar-refractivity contribution in [2.24, 2.45) is 0 Å². The predicted octanol–water partition coefficient (Wildman–Crippen LogP) is 2.18. The first-order valence-corrected chi connectivity index (χ1v) is 5.61. The van der Waals surface area contributed by atoms with Crippen molar-refractivity contribution in [3.63, 3.8) is 0 Å². The highest BCUT2D eigenvalue weighted by Gasteiger charge is 2.12. The Kier molecular flexibility index (Phi) is 4.83. The molecule has 0 aliphatic heterocycles. The molecule has 0 saturated heterocycles. The van der Waals surface area contributed by atoms with Crippen LogP contribution in [0.15, 0.2) is 12.1 Å². The highest BCUT2D eigenvalue weighted by molar-refractivity contribution is 6.29. The van der Waals surface area contributed by atoms with Crippen molar-refractivity contribution in [2.75, 3.05) is 30.9 Å². The monoisotopic (exact) mass is 243 g/mol. The average Bonchev–Trinajstić information content (AvgIpc) is 2.16. The zero-order valence-corrected chi connectivity index (χ0v) is 10.7. The van der Waals surface area contributed by atoms with Crippen molar-refractivity contribution in [1.82, 2.24) is 4.98 Å². The highest BCUT2D eigenvalue weighted by Crippen LogP contribution is 2.21. The second-order valence-electron chi connectivity index (χ2n) is 3.86. The van der Waals surface area contributed by atoms with Gasteiger partial charge in [0.15, 0.2) is 0 Å². The number of anilines is 2. The van der Waals surface area contributed by atoms with E-state index in [2.05, 4.69) is 23.7 Å². The van der Waals surface area contributed by atoms with Gasteiger partial charge in [-0.25, -0.2) is 4.98 Å². The van der Waals surface area contributed by atoms with Gasteiger partial charge in [0.05, 0.1) is 6.61 Å². The van der Waals surface area contributed by atoms with E-state index in [0.29, 0.717) is 23.5 Å². The summed E-state index contributed by atoms with van der Waals surface area (Å²) < 4.78 is 5.07. The van der Waals surface area contributed by atoms with E-state index in [-0.39, 0.29) is 0 Å². The summed E-state index contributed by atoms with van der Waals surface area (Å²) in [6.07, 6.45) is 0. The van der Waals surface area contributed by atoms with Gasteiger partial charge in [0.2, 0.25) is 0 Å². The van der Waals surface area contributed by atoms with Crippen molar-refractivity contribution in [1.29, 1.82) is 0 Å². The second-order valence-corrected chi connectivity index (χ2v) is 4.25. The molecule has 90 valence electrons. The molecule has 4 nitrogen and oxygen atoms in total. The van der Waals surface area contributed by atoms with E-state index < -0.39 is 0 Å². The summed E-state index contributed by atoms with van der Waals surface area (Å²) in [5.41, 5.74) is 6.37. The maximum absolute atomic E-state index is 5.88. The molecule has 0 bridgehead atoms. The van der Waals surface area contributed by atoms with E-state index in [1.165, 1.54) is 0 Å². The lowest BCUT2D eigenvalue weighted by Crippen LogP contribution is -2.34. The van der Waals surface area contributed by atoms with Gasteiger partial charge in [-0.3, -0.25) is 0 Å². The molecule has 0 aliphatic rings. The van der Waals surface area contributed by atoms with Crippen LogP contribution >= 0.6 is 11.6 Å². The highest BCUT2D eigenvalue weighted by atomic mass is 35.5. The lowest BCUT2D eigenvalue weighted by Gasteiger charge is -2.27. The smallest absolute Gasteiger partial charge is 0.133 e. The first-order valence-electron chi connectivity index (χ1n) is 5.23. The first-order chi connectivity index (χ1) is 7.54. The summed E-state index contributed by atoms with van der Waals surface area (Å²) in [5.74, 6) is 0.789. The lowest BCUT2D eigenvalue weighted by molar-refractivity contribution is 0.203. The average molecular weight is 244 g/mol. The molecule has 0 spiro atoms. The number of ether oxygens (including phenoxy) is 1. The molecular weight excluding hydrogens is 226 g/mol. The minimum atomic E-state index is 0.320. The Bertz CT molecular complexity index is 324. The van der Waals surface area contributed by atoms with Gasteiger partial charge in [0.25, 0.3) is 0 Å². The Morgan fingerprint density at radius 2 is 2.19 bits per heavy atom. The Balaban J connectivity index is 2.91. The molecule has 0 radical (unpaired) electrons. The molecule has 1 aromatic rings. The summed E-state index contributed by atoms with van der Waals surface area (Å²) in [5, 5.41) is 0.415. The van der Waals surface area contributed by atoms with Crippen LogP contribution in [0.3, 0.4) is 0 Å². The van der Waals surface area contributed by atoms with E-state index in [0.717, 1.165) is 12.4 Å². The maximum Gasteiger partial charge on any atom is 0.133 e. The third-order valence-electron chi connectivity index (χ3n) is 2.26. The third kappa shape index (κ3) is 3.54. The van der Waals surface area contributed by atoms with Crippen LogP contribution in [-0.4, -0.2) is 31.3 Å². The van der Waals surface area contributed by atoms with Gasteiger partial charge in [0.1, 0.15) is 11.0 Å². The Morgan fingerprint density at radius 1 is 1.50 bits per heavy atom. The van der Waals surface area contributed by atoms with Crippen LogP contribution in [0.4, 0.5) is 11.5 Å². The van der Waals surface area contributed by atoms with Gasteiger partial charge in [-0.15, -0.1) is 0 Å². The van der Waals surface area contributed by atoms with Crippen molar-refractivity contribution >= 4 is 23.1 Å². The molecule has 0 fully saturated rings. The molecule has 0 aliphatic carbocycles. The van der Waals surface area contributed by atoms with Crippen LogP contribution in [0.1, 0.15) is 13.8 Å². The van der Waals surface area contributed by atoms with Gasteiger partial charge in [0, 0.05) is 31.5 Å². The number of nitrogen functional groups attached to an aromatic ring is 1. The minimum absolute atomic E-state index is 0.320. The van der Waals surface area contributed by atoms with Crippen molar-refractivity contribution in [2.45, 2.75) is 19.9 Å². The molecule has 1 heterocycles. The van der Waals surface area contributed by atoms with Gasteiger partial charge in [-0.1, -0.05) is 11.6 Å². The van der Waals surface area contributed by atoms with Gasteiger partial charge in [-0.2, -0.15) is 0 Å². The van der Waals surface area contributed by atoms with Crippen LogP contribution in [-0.2, 0) is 4.74 Å².